The minimum atomic E-state index is 0.550. The number of hydrogen-bond donors (Lipinski definition) is 1. The van der Waals surface area contributed by atoms with Gasteiger partial charge in [-0.05, 0) is 18.2 Å². The number of nitrogens with two attached hydrogens (primary N) is 1. The summed E-state index contributed by atoms with van der Waals surface area (Å²) in [6, 6.07) is 7.61. The molecule has 0 saturated heterocycles. The summed E-state index contributed by atoms with van der Waals surface area (Å²) in [6.45, 7) is 0.801. The Morgan fingerprint density at radius 1 is 1.33 bits per heavy atom. The highest BCUT2D eigenvalue weighted by Gasteiger charge is 2.07. The summed E-state index contributed by atoms with van der Waals surface area (Å²) in [6.07, 6.45) is 4.25. The summed E-state index contributed by atoms with van der Waals surface area (Å²) in [5.41, 5.74) is 7.53. The number of nitrogen functional groups attached to an aromatic ring is 1. The van der Waals surface area contributed by atoms with Crippen molar-refractivity contribution in [1.82, 2.24) is 9.97 Å². The highest BCUT2D eigenvalue weighted by Crippen LogP contribution is 2.22. The zero-order valence-corrected chi connectivity index (χ0v) is 10.9. The van der Waals surface area contributed by atoms with Crippen molar-refractivity contribution < 1.29 is 0 Å². The number of nitrogens with zero attached hydrogens (tertiary/aromatic N) is 3. The molecule has 0 amide bonds. The van der Waals surface area contributed by atoms with Gasteiger partial charge in [-0.3, -0.25) is 4.98 Å². The molecule has 0 aromatic carbocycles. The quantitative estimate of drug-likeness (QED) is 0.919. The van der Waals surface area contributed by atoms with Crippen LogP contribution in [0.2, 0.25) is 5.02 Å². The molecule has 0 aliphatic heterocycles. The van der Waals surface area contributed by atoms with Crippen LogP contribution < -0.4 is 10.6 Å². The average molecular weight is 263 g/mol. The van der Waals surface area contributed by atoms with E-state index >= 15 is 0 Å². The van der Waals surface area contributed by atoms with Gasteiger partial charge < -0.3 is 10.6 Å². The fourth-order valence-corrected chi connectivity index (χ4v) is 1.87. The Bertz CT molecular complexity index is 516. The van der Waals surface area contributed by atoms with Crippen LogP contribution in [0.5, 0.6) is 0 Å². The molecule has 0 fully saturated rings. The molecule has 0 atom stereocenters. The molecule has 2 heterocycles. The van der Waals surface area contributed by atoms with Gasteiger partial charge in [0.1, 0.15) is 0 Å². The lowest BCUT2D eigenvalue weighted by Gasteiger charge is -2.19. The number of likely N-dealkylation sites (N-methyl/N-ethyl adjacent to an activating group) is 1. The molecule has 0 spiro atoms. The zero-order valence-electron chi connectivity index (χ0n) is 10.2. The van der Waals surface area contributed by atoms with Gasteiger partial charge in [0.25, 0.3) is 0 Å². The van der Waals surface area contributed by atoms with E-state index in [0.29, 0.717) is 10.7 Å². The summed E-state index contributed by atoms with van der Waals surface area (Å²) in [5, 5.41) is 0.550. The first-order valence-electron chi connectivity index (χ1n) is 5.69. The van der Waals surface area contributed by atoms with Crippen molar-refractivity contribution in [3.63, 3.8) is 0 Å². The minimum absolute atomic E-state index is 0.550. The summed E-state index contributed by atoms with van der Waals surface area (Å²) in [4.78, 5) is 10.5. The van der Waals surface area contributed by atoms with E-state index in [1.807, 2.05) is 30.1 Å². The van der Waals surface area contributed by atoms with Crippen molar-refractivity contribution in [3.05, 3.63) is 47.4 Å². The predicted molar refractivity (Wildman–Crippen MR) is 74.9 cm³/mol. The molecule has 94 valence electrons. The highest BCUT2D eigenvalue weighted by molar-refractivity contribution is 6.30. The lowest BCUT2D eigenvalue weighted by Crippen LogP contribution is -2.22. The predicted octanol–water partition coefficient (Wildman–Crippen LogP) is 2.39. The van der Waals surface area contributed by atoms with Crippen molar-refractivity contribution in [1.29, 1.82) is 0 Å². The second-order valence-electron chi connectivity index (χ2n) is 4.06. The SMILES string of the molecule is CN(CCc1ccccn1)c1ncc(Cl)cc1N. The topological polar surface area (TPSA) is 55.0 Å². The lowest BCUT2D eigenvalue weighted by molar-refractivity contribution is 0.840. The standard InChI is InChI=1S/C13H15ClN4/c1-18(7-5-11-4-2-3-6-16-11)13-12(15)8-10(14)9-17-13/h2-4,6,8-9H,5,7,15H2,1H3. The molecule has 2 rings (SSSR count). The number of aromatic nitrogens is 2. The molecule has 0 bridgehead atoms. The summed E-state index contributed by atoms with van der Waals surface area (Å²) in [5.74, 6) is 0.746. The number of halogens is 1. The average Bonchev–Trinajstić information content (AvgIpc) is 2.37. The fraction of sp³-hybridized carbons (Fsp3) is 0.231. The van der Waals surface area contributed by atoms with Gasteiger partial charge in [-0.2, -0.15) is 0 Å². The first-order valence-corrected chi connectivity index (χ1v) is 6.06. The maximum atomic E-state index is 5.89. The van der Waals surface area contributed by atoms with E-state index in [0.717, 1.165) is 24.5 Å². The van der Waals surface area contributed by atoms with Crippen molar-refractivity contribution in [2.45, 2.75) is 6.42 Å². The Morgan fingerprint density at radius 3 is 2.83 bits per heavy atom. The molecule has 0 saturated carbocycles. The van der Waals surface area contributed by atoms with Gasteiger partial charge in [0.2, 0.25) is 0 Å². The van der Waals surface area contributed by atoms with Crippen LogP contribution >= 0.6 is 11.6 Å². The zero-order chi connectivity index (χ0) is 13.0. The Hall–Kier alpha value is -1.81. The van der Waals surface area contributed by atoms with E-state index in [9.17, 15) is 0 Å². The van der Waals surface area contributed by atoms with Gasteiger partial charge in [-0.15, -0.1) is 0 Å². The van der Waals surface area contributed by atoms with E-state index in [1.165, 1.54) is 0 Å². The van der Waals surface area contributed by atoms with Crippen LogP contribution in [0.25, 0.3) is 0 Å². The Kier molecular flexibility index (Phi) is 3.99. The number of anilines is 2. The monoisotopic (exact) mass is 262 g/mol. The van der Waals surface area contributed by atoms with Crippen molar-refractivity contribution >= 4 is 23.1 Å². The summed E-state index contributed by atoms with van der Waals surface area (Å²) in [7, 11) is 1.95. The molecule has 0 radical (unpaired) electrons. The van der Waals surface area contributed by atoms with Gasteiger partial charge in [0.15, 0.2) is 5.82 Å². The van der Waals surface area contributed by atoms with Crippen LogP contribution in [-0.4, -0.2) is 23.6 Å². The van der Waals surface area contributed by atoms with E-state index < -0.39 is 0 Å². The Balaban J connectivity index is 2.01. The van der Waals surface area contributed by atoms with Gasteiger partial charge in [-0.25, -0.2) is 4.98 Å². The molecule has 5 heteroatoms. The maximum Gasteiger partial charge on any atom is 0.151 e. The third-order valence-electron chi connectivity index (χ3n) is 2.65. The van der Waals surface area contributed by atoms with Gasteiger partial charge in [0.05, 0.1) is 10.7 Å². The third kappa shape index (κ3) is 3.11. The molecular formula is C13H15ClN4. The lowest BCUT2D eigenvalue weighted by atomic mass is 10.2. The molecular weight excluding hydrogens is 248 g/mol. The normalized spacial score (nSPS) is 10.3. The molecule has 0 aliphatic carbocycles. The van der Waals surface area contributed by atoms with Crippen LogP contribution in [0.4, 0.5) is 11.5 Å². The molecule has 4 nitrogen and oxygen atoms in total. The van der Waals surface area contributed by atoms with Crippen LogP contribution in [0.1, 0.15) is 5.69 Å². The van der Waals surface area contributed by atoms with Crippen LogP contribution in [0.3, 0.4) is 0 Å². The van der Waals surface area contributed by atoms with E-state index in [1.54, 1.807) is 18.5 Å². The second kappa shape index (κ2) is 5.69. The Labute approximate surface area is 111 Å². The highest BCUT2D eigenvalue weighted by atomic mass is 35.5. The van der Waals surface area contributed by atoms with Crippen molar-refractivity contribution in [2.75, 3.05) is 24.2 Å². The van der Waals surface area contributed by atoms with E-state index in [2.05, 4.69) is 9.97 Å². The van der Waals surface area contributed by atoms with Crippen LogP contribution in [0.15, 0.2) is 36.7 Å². The first kappa shape index (κ1) is 12.6. The number of pyridine rings is 2. The minimum Gasteiger partial charge on any atom is -0.396 e. The summed E-state index contributed by atoms with van der Waals surface area (Å²) < 4.78 is 0. The van der Waals surface area contributed by atoms with Crippen molar-refractivity contribution in [2.24, 2.45) is 0 Å². The van der Waals surface area contributed by atoms with Crippen LogP contribution in [-0.2, 0) is 6.42 Å². The Morgan fingerprint density at radius 2 is 2.17 bits per heavy atom. The number of hydrogen-bond acceptors (Lipinski definition) is 4. The van der Waals surface area contributed by atoms with E-state index in [-0.39, 0.29) is 0 Å². The first-order chi connectivity index (χ1) is 8.66. The largest absolute Gasteiger partial charge is 0.396 e. The molecule has 2 N–H and O–H groups in total. The van der Waals surface area contributed by atoms with Gasteiger partial charge in [-0.1, -0.05) is 17.7 Å². The van der Waals surface area contributed by atoms with E-state index in [4.69, 9.17) is 17.3 Å². The summed E-state index contributed by atoms with van der Waals surface area (Å²) >= 11 is 5.82. The molecule has 2 aromatic heterocycles. The second-order valence-corrected chi connectivity index (χ2v) is 4.50. The van der Waals surface area contributed by atoms with Gasteiger partial charge in [0, 0.05) is 38.1 Å². The molecule has 2 aromatic rings. The number of rotatable bonds is 4. The molecule has 0 aliphatic rings. The van der Waals surface area contributed by atoms with Crippen LogP contribution in [0, 0.1) is 0 Å². The third-order valence-corrected chi connectivity index (χ3v) is 2.86. The molecule has 18 heavy (non-hydrogen) atoms. The maximum absolute atomic E-state index is 5.89. The fourth-order valence-electron chi connectivity index (χ4n) is 1.70. The molecule has 0 unspecified atom stereocenters. The van der Waals surface area contributed by atoms with Gasteiger partial charge >= 0.3 is 0 Å². The van der Waals surface area contributed by atoms with Crippen molar-refractivity contribution in [3.8, 4) is 0 Å². The smallest absolute Gasteiger partial charge is 0.151 e.